The van der Waals surface area contributed by atoms with Gasteiger partial charge in [-0.1, -0.05) is 78.5 Å². The van der Waals surface area contributed by atoms with E-state index >= 15 is 0 Å². The van der Waals surface area contributed by atoms with Gasteiger partial charge in [0.25, 0.3) is 0 Å². The van der Waals surface area contributed by atoms with Crippen molar-refractivity contribution in [3.63, 3.8) is 0 Å². The van der Waals surface area contributed by atoms with Gasteiger partial charge in [0.05, 0.1) is 14.9 Å². The van der Waals surface area contributed by atoms with Crippen LogP contribution in [0.4, 0.5) is 13.2 Å². The summed E-state index contributed by atoms with van der Waals surface area (Å²) >= 11 is 0. The van der Waals surface area contributed by atoms with Gasteiger partial charge in [-0.2, -0.15) is 13.2 Å². The molecular formula is C36H45F3IrNO2-. The number of rotatable bonds is 10. The van der Waals surface area contributed by atoms with Crippen molar-refractivity contribution >= 4 is 16.6 Å². The van der Waals surface area contributed by atoms with Crippen molar-refractivity contribution < 1.29 is 45.9 Å². The minimum atomic E-state index is -4.35. The molecule has 0 spiro atoms. The van der Waals surface area contributed by atoms with E-state index in [1.807, 2.05) is 20.8 Å². The molecule has 0 aliphatic heterocycles. The fraction of sp³-hybridized carbons (Fsp3) is 0.500. The van der Waals surface area contributed by atoms with Crippen LogP contribution < -0.4 is 0 Å². The number of fused-ring (bicyclic) bond motifs is 1. The number of aromatic nitrogens is 1. The van der Waals surface area contributed by atoms with E-state index in [1.165, 1.54) is 38.2 Å². The van der Waals surface area contributed by atoms with Crippen LogP contribution in [0, 0.1) is 37.7 Å². The van der Waals surface area contributed by atoms with Crippen molar-refractivity contribution in [3.05, 3.63) is 77.1 Å². The Balaban J connectivity index is 0.000000331. The Kier molecular flexibility index (Phi) is 13.3. The van der Waals surface area contributed by atoms with E-state index in [-0.39, 0.29) is 50.4 Å². The summed E-state index contributed by atoms with van der Waals surface area (Å²) in [5, 5.41) is 11.5. The fourth-order valence-corrected chi connectivity index (χ4v) is 5.82. The number of hydrogen-bond donors (Lipinski definition) is 1. The molecule has 1 radical (unpaired) electrons. The van der Waals surface area contributed by atoms with Crippen molar-refractivity contribution in [2.45, 2.75) is 98.6 Å². The van der Waals surface area contributed by atoms with E-state index in [0.29, 0.717) is 12.8 Å². The van der Waals surface area contributed by atoms with Gasteiger partial charge >= 0.3 is 6.18 Å². The van der Waals surface area contributed by atoms with Crippen molar-refractivity contribution in [1.29, 1.82) is 0 Å². The average Bonchev–Trinajstić information content (AvgIpc) is 3.46. The predicted octanol–water partition coefficient (Wildman–Crippen LogP) is 10.5. The number of hydrogen-bond acceptors (Lipinski definition) is 3. The Hall–Kier alpha value is -2.50. The Morgan fingerprint density at radius 3 is 2.33 bits per heavy atom. The zero-order valence-electron chi connectivity index (χ0n) is 27.8. The second-order valence-corrected chi connectivity index (χ2v) is 11.6. The van der Waals surface area contributed by atoms with Crippen LogP contribution >= 0.6 is 0 Å². The molecule has 1 saturated carbocycles. The molecule has 4 rings (SSSR count). The molecule has 0 amide bonds. The van der Waals surface area contributed by atoms with Gasteiger partial charge in [0.2, 0.25) is 0 Å². The molecule has 237 valence electrons. The van der Waals surface area contributed by atoms with Crippen molar-refractivity contribution in [2.75, 3.05) is 0 Å². The monoisotopic (exact) mass is 775 g/mol. The number of carbonyl (C=O) groups excluding carboxylic acids is 1. The summed E-state index contributed by atoms with van der Waals surface area (Å²) in [5.41, 5.74) is 5.17. The first-order chi connectivity index (χ1) is 20.8. The van der Waals surface area contributed by atoms with Gasteiger partial charge in [0.1, 0.15) is 0 Å². The molecular weight excluding hydrogens is 728 g/mol. The summed E-state index contributed by atoms with van der Waals surface area (Å²) in [4.78, 5) is 16.1. The number of pyridine rings is 1. The maximum Gasteiger partial charge on any atom is 0.389 e. The number of halogens is 3. The number of aryl methyl sites for hydroxylation is 2. The first-order valence-corrected chi connectivity index (χ1v) is 15.2. The van der Waals surface area contributed by atoms with Crippen LogP contribution in [0.25, 0.3) is 22.0 Å². The third-order valence-electron chi connectivity index (χ3n) is 8.17. The van der Waals surface area contributed by atoms with E-state index in [4.69, 9.17) is 2.74 Å². The summed E-state index contributed by atoms with van der Waals surface area (Å²) in [6.45, 7) is 9.34. The molecule has 1 N–H and O–H groups in total. The second-order valence-electron chi connectivity index (χ2n) is 11.6. The molecule has 1 atom stereocenters. The van der Waals surface area contributed by atoms with Gasteiger partial charge in [0.15, 0.2) is 5.78 Å². The third-order valence-corrected chi connectivity index (χ3v) is 8.17. The van der Waals surface area contributed by atoms with Crippen molar-refractivity contribution in [3.8, 4) is 11.3 Å². The molecule has 1 heterocycles. The number of alkyl halides is 3. The molecule has 1 unspecified atom stereocenters. The van der Waals surface area contributed by atoms with Crippen molar-refractivity contribution in [1.82, 2.24) is 4.98 Å². The molecule has 0 bridgehead atoms. The standard InChI is InChI=1S/C23H24N.C13H21F3O2.Ir/c1-16-11-17(2)13-21(12-16)23-22-8-7-19(14-18-5-3-4-6-18)15-20(22)9-10-24-23;1-4-9(5-2)11(17)7-12(18)10(6-3)8-13(14,15)16;/h7-12,15,18H,3-6,14H2,1-2H3;7,9-10,17H,4-6,8H2,1-3H3;/q-1;;/b;11-7-;/i9D,10D;;. The number of carbonyl (C=O) groups is 1. The minimum Gasteiger partial charge on any atom is -0.512 e. The predicted molar refractivity (Wildman–Crippen MR) is 165 cm³/mol. The Labute approximate surface area is 271 Å². The summed E-state index contributed by atoms with van der Waals surface area (Å²) < 4.78 is 53.3. The van der Waals surface area contributed by atoms with Gasteiger partial charge < -0.3 is 10.1 Å². The molecule has 2 aromatic carbocycles. The first-order valence-electron chi connectivity index (χ1n) is 16.2. The largest absolute Gasteiger partial charge is 0.512 e. The molecule has 1 aliphatic carbocycles. The number of nitrogens with zero attached hydrogens (tertiary/aromatic N) is 1. The number of aliphatic hydroxyl groups excluding tert-OH is 1. The van der Waals surface area contributed by atoms with Gasteiger partial charge in [-0.15, -0.1) is 34.9 Å². The molecule has 3 aromatic rings. The zero-order chi connectivity index (χ0) is 32.6. The molecule has 1 aliphatic rings. The fourth-order valence-electron chi connectivity index (χ4n) is 5.82. The minimum absolute atomic E-state index is 0. The molecule has 3 nitrogen and oxygen atoms in total. The van der Waals surface area contributed by atoms with Crippen LogP contribution in [0.2, 0.25) is 0 Å². The van der Waals surface area contributed by atoms with E-state index in [0.717, 1.165) is 51.6 Å². The maximum atomic E-state index is 12.2. The average molecular weight is 775 g/mol. The smallest absolute Gasteiger partial charge is 0.389 e. The number of benzene rings is 2. The van der Waals surface area contributed by atoms with Crippen LogP contribution in [0.5, 0.6) is 0 Å². The summed E-state index contributed by atoms with van der Waals surface area (Å²) in [7, 11) is 0. The molecule has 0 saturated heterocycles. The maximum absolute atomic E-state index is 12.2. The number of aliphatic hydroxyl groups is 1. The van der Waals surface area contributed by atoms with Crippen LogP contribution in [0.15, 0.2) is 54.4 Å². The first kappa shape index (κ1) is 33.4. The normalized spacial score (nSPS) is 15.4. The van der Waals surface area contributed by atoms with Gasteiger partial charge in [0, 0.05) is 44.2 Å². The van der Waals surface area contributed by atoms with Crippen LogP contribution in [-0.2, 0) is 31.3 Å². The number of allylic oxidation sites excluding steroid dienone is 2. The zero-order valence-corrected chi connectivity index (χ0v) is 28.2. The number of ketones is 1. The molecule has 1 aromatic heterocycles. The molecule has 1 fully saturated rings. The van der Waals surface area contributed by atoms with Crippen LogP contribution in [0.1, 0.15) is 91.6 Å². The molecule has 43 heavy (non-hydrogen) atoms. The Morgan fingerprint density at radius 2 is 1.74 bits per heavy atom. The van der Waals surface area contributed by atoms with E-state index in [1.54, 1.807) is 0 Å². The van der Waals surface area contributed by atoms with Gasteiger partial charge in [-0.05, 0) is 59.7 Å². The van der Waals surface area contributed by atoms with E-state index in [2.05, 4.69) is 48.3 Å². The van der Waals surface area contributed by atoms with Crippen LogP contribution in [0.3, 0.4) is 0 Å². The Bertz CT molecular complexity index is 1440. The second kappa shape index (κ2) is 17.1. The quantitative estimate of drug-likeness (QED) is 0.127. The van der Waals surface area contributed by atoms with Gasteiger partial charge in [-0.25, -0.2) is 0 Å². The van der Waals surface area contributed by atoms with Crippen molar-refractivity contribution in [2.24, 2.45) is 17.8 Å². The summed E-state index contributed by atoms with van der Waals surface area (Å²) in [6.07, 6.45) is 3.35. The third kappa shape index (κ3) is 11.2. The van der Waals surface area contributed by atoms with E-state index in [9.17, 15) is 23.1 Å². The summed E-state index contributed by atoms with van der Waals surface area (Å²) in [5.74, 6) is -1.23. The Morgan fingerprint density at radius 1 is 1.09 bits per heavy atom. The van der Waals surface area contributed by atoms with Crippen LogP contribution in [-0.4, -0.2) is 22.1 Å². The van der Waals surface area contributed by atoms with Gasteiger partial charge in [-0.3, -0.25) is 4.79 Å². The SMILES string of the molecule is CCC(CC(F)(F)F)C(=O)/C=C(\O)C(CC)CC.[2H]c1nc(-c2[c-]c(C)cc(C)c2)c2ccc(CC3CCCC3)cc2c1[2H].[Ir]. The van der Waals surface area contributed by atoms with E-state index < -0.39 is 24.3 Å². The summed E-state index contributed by atoms with van der Waals surface area (Å²) in [6, 6.07) is 14.1. The molecule has 7 heteroatoms. The topological polar surface area (TPSA) is 50.2 Å².